The number of aromatic amines is 1. The maximum atomic E-state index is 12.2. The maximum Gasteiger partial charge on any atom is 0.274 e. The molecule has 28 heavy (non-hydrogen) atoms. The van der Waals surface area contributed by atoms with E-state index in [0.29, 0.717) is 27.6 Å². The summed E-state index contributed by atoms with van der Waals surface area (Å²) >= 11 is 1.14. The van der Waals surface area contributed by atoms with Crippen LogP contribution >= 0.6 is 11.8 Å². The Morgan fingerprint density at radius 3 is 2.89 bits per heavy atom. The van der Waals surface area contributed by atoms with E-state index >= 15 is 0 Å². The third-order valence-corrected chi connectivity index (χ3v) is 4.96. The fourth-order valence-corrected chi connectivity index (χ4v) is 3.36. The lowest BCUT2D eigenvalue weighted by molar-refractivity contribution is -0.385. The van der Waals surface area contributed by atoms with Crippen LogP contribution in [0.4, 0.5) is 11.4 Å². The highest BCUT2D eigenvalue weighted by Crippen LogP contribution is 2.24. The van der Waals surface area contributed by atoms with Gasteiger partial charge in [-0.25, -0.2) is 4.98 Å². The molecule has 0 radical (unpaired) electrons. The average Bonchev–Trinajstić information content (AvgIpc) is 3.05. The van der Waals surface area contributed by atoms with Gasteiger partial charge in [0, 0.05) is 28.2 Å². The molecular formula is C18H14N6O3S. The molecule has 0 aliphatic rings. The van der Waals surface area contributed by atoms with Gasteiger partial charge in [0.15, 0.2) is 5.65 Å². The standard InChI is InChI=1S/C18H14N6O3S/c1-10-6-7-11(8-14(10)24(26)27)19-15(25)9-28-18-21-17-16(22-23-18)12-4-2-3-5-13(12)20-17/h2-8H,9H2,1H3,(H,19,25)(H,20,21,23). The molecule has 0 atom stereocenters. The van der Waals surface area contributed by atoms with Gasteiger partial charge >= 0.3 is 0 Å². The molecule has 0 fully saturated rings. The number of nitro groups is 1. The van der Waals surface area contributed by atoms with Crippen LogP contribution in [0.15, 0.2) is 47.6 Å². The molecule has 140 valence electrons. The van der Waals surface area contributed by atoms with Crippen molar-refractivity contribution in [2.45, 2.75) is 12.1 Å². The van der Waals surface area contributed by atoms with Crippen molar-refractivity contribution in [1.82, 2.24) is 20.2 Å². The zero-order valence-electron chi connectivity index (χ0n) is 14.7. The number of rotatable bonds is 5. The molecule has 4 aromatic rings. The molecule has 9 nitrogen and oxygen atoms in total. The Bertz CT molecular complexity index is 1220. The van der Waals surface area contributed by atoms with E-state index in [1.807, 2.05) is 24.3 Å². The SMILES string of the molecule is Cc1ccc(NC(=O)CSc2nnc3c(n2)[nH]c2ccccc23)cc1[N+](=O)[O-]. The molecule has 0 unspecified atom stereocenters. The predicted molar refractivity (Wildman–Crippen MR) is 106 cm³/mol. The number of anilines is 1. The first-order valence-electron chi connectivity index (χ1n) is 8.30. The summed E-state index contributed by atoms with van der Waals surface area (Å²) in [7, 11) is 0. The number of amides is 1. The quantitative estimate of drug-likeness (QED) is 0.301. The number of aromatic nitrogens is 4. The molecule has 10 heteroatoms. The number of benzene rings is 2. The van der Waals surface area contributed by atoms with Crippen LogP contribution in [0.1, 0.15) is 5.56 Å². The van der Waals surface area contributed by atoms with Gasteiger partial charge in [0.25, 0.3) is 5.69 Å². The fourth-order valence-electron chi connectivity index (χ4n) is 2.78. The summed E-state index contributed by atoms with van der Waals surface area (Å²) in [6, 6.07) is 12.3. The summed E-state index contributed by atoms with van der Waals surface area (Å²) in [5.74, 6) is -0.266. The number of H-pyrrole nitrogens is 1. The zero-order valence-corrected chi connectivity index (χ0v) is 15.5. The highest BCUT2D eigenvalue weighted by molar-refractivity contribution is 7.99. The van der Waals surface area contributed by atoms with Crippen molar-refractivity contribution in [2.24, 2.45) is 0 Å². The van der Waals surface area contributed by atoms with Gasteiger partial charge in [-0.05, 0) is 19.1 Å². The summed E-state index contributed by atoms with van der Waals surface area (Å²) in [5, 5.41) is 23.2. The molecule has 0 spiro atoms. The van der Waals surface area contributed by atoms with Gasteiger partial charge in [-0.1, -0.05) is 36.0 Å². The summed E-state index contributed by atoms with van der Waals surface area (Å²) in [5.41, 5.74) is 3.06. The first-order chi connectivity index (χ1) is 13.5. The second-order valence-corrected chi connectivity index (χ2v) is 7.00. The number of nitrogens with zero attached hydrogens (tertiary/aromatic N) is 4. The van der Waals surface area contributed by atoms with Crippen LogP contribution in [-0.4, -0.2) is 36.7 Å². The molecule has 0 aliphatic carbocycles. The topological polar surface area (TPSA) is 127 Å². The number of carbonyl (C=O) groups excluding carboxylic acids is 1. The van der Waals surface area contributed by atoms with E-state index in [2.05, 4.69) is 25.5 Å². The number of aryl methyl sites for hydroxylation is 1. The summed E-state index contributed by atoms with van der Waals surface area (Å²) in [6.07, 6.45) is 0. The van der Waals surface area contributed by atoms with Crippen molar-refractivity contribution in [3.63, 3.8) is 0 Å². The largest absolute Gasteiger partial charge is 0.338 e. The van der Waals surface area contributed by atoms with Crippen LogP contribution in [0.5, 0.6) is 0 Å². The molecule has 0 saturated carbocycles. The van der Waals surface area contributed by atoms with Gasteiger partial charge in [0.2, 0.25) is 11.1 Å². The first kappa shape index (κ1) is 17.9. The van der Waals surface area contributed by atoms with E-state index < -0.39 is 4.92 Å². The molecule has 0 bridgehead atoms. The molecule has 1 amide bonds. The second kappa shape index (κ2) is 7.24. The molecule has 2 N–H and O–H groups in total. The van der Waals surface area contributed by atoms with Crippen LogP contribution in [0, 0.1) is 17.0 Å². The molecule has 0 saturated heterocycles. The van der Waals surface area contributed by atoms with Gasteiger partial charge in [0.05, 0.1) is 10.7 Å². The lowest BCUT2D eigenvalue weighted by atomic mass is 10.2. The van der Waals surface area contributed by atoms with Gasteiger partial charge in [-0.3, -0.25) is 14.9 Å². The summed E-state index contributed by atoms with van der Waals surface area (Å²) < 4.78 is 0. The van der Waals surface area contributed by atoms with E-state index in [0.717, 1.165) is 22.7 Å². The Balaban J connectivity index is 1.45. The normalized spacial score (nSPS) is 11.0. The Kier molecular flexibility index (Phi) is 4.62. The van der Waals surface area contributed by atoms with E-state index in [4.69, 9.17) is 0 Å². The van der Waals surface area contributed by atoms with Crippen LogP contribution in [0.3, 0.4) is 0 Å². The van der Waals surface area contributed by atoms with E-state index in [1.165, 1.54) is 6.07 Å². The minimum Gasteiger partial charge on any atom is -0.338 e. The van der Waals surface area contributed by atoms with Crippen molar-refractivity contribution in [3.05, 3.63) is 58.1 Å². The number of carbonyl (C=O) groups is 1. The first-order valence-corrected chi connectivity index (χ1v) is 9.28. The van der Waals surface area contributed by atoms with E-state index in [-0.39, 0.29) is 17.3 Å². The second-order valence-electron chi connectivity index (χ2n) is 6.06. The molecule has 0 aliphatic heterocycles. The van der Waals surface area contributed by atoms with Crippen molar-refractivity contribution < 1.29 is 9.72 Å². The zero-order chi connectivity index (χ0) is 19.7. The van der Waals surface area contributed by atoms with Gasteiger partial charge < -0.3 is 10.3 Å². The Hall–Kier alpha value is -3.53. The fraction of sp³-hybridized carbons (Fsp3) is 0.111. The minimum absolute atomic E-state index is 0.0396. The molecule has 4 rings (SSSR count). The minimum atomic E-state index is -0.477. The number of hydrogen-bond donors (Lipinski definition) is 2. The van der Waals surface area contributed by atoms with Crippen molar-refractivity contribution in [1.29, 1.82) is 0 Å². The predicted octanol–water partition coefficient (Wildman–Crippen LogP) is 3.45. The van der Waals surface area contributed by atoms with Crippen LogP contribution in [0.25, 0.3) is 22.1 Å². The van der Waals surface area contributed by atoms with Crippen LogP contribution in [0.2, 0.25) is 0 Å². The van der Waals surface area contributed by atoms with Gasteiger partial charge in [-0.15, -0.1) is 10.2 Å². The smallest absolute Gasteiger partial charge is 0.274 e. The Morgan fingerprint density at radius 2 is 2.07 bits per heavy atom. The lowest BCUT2D eigenvalue weighted by Gasteiger charge is -2.05. The third kappa shape index (κ3) is 3.49. The number of nitrogens with one attached hydrogen (secondary N) is 2. The Labute approximate surface area is 162 Å². The van der Waals surface area contributed by atoms with Gasteiger partial charge in [0.1, 0.15) is 5.52 Å². The summed E-state index contributed by atoms with van der Waals surface area (Å²) in [4.78, 5) is 30.3. The third-order valence-electron chi connectivity index (χ3n) is 4.12. The highest BCUT2D eigenvalue weighted by Gasteiger charge is 2.14. The number of thioether (sulfide) groups is 1. The number of hydrogen-bond acceptors (Lipinski definition) is 7. The molecular weight excluding hydrogens is 380 g/mol. The Morgan fingerprint density at radius 1 is 1.25 bits per heavy atom. The van der Waals surface area contributed by atoms with Crippen LogP contribution < -0.4 is 5.32 Å². The number of nitro benzene ring substituents is 1. The summed E-state index contributed by atoms with van der Waals surface area (Å²) in [6.45, 7) is 1.64. The van der Waals surface area contributed by atoms with Gasteiger partial charge in [-0.2, -0.15) is 0 Å². The molecule has 2 aromatic carbocycles. The average molecular weight is 394 g/mol. The monoisotopic (exact) mass is 394 g/mol. The van der Waals surface area contributed by atoms with Crippen molar-refractivity contribution in [2.75, 3.05) is 11.1 Å². The lowest BCUT2D eigenvalue weighted by Crippen LogP contribution is -2.14. The number of fused-ring (bicyclic) bond motifs is 3. The van der Waals surface area contributed by atoms with Crippen LogP contribution in [-0.2, 0) is 4.79 Å². The molecule has 2 heterocycles. The number of para-hydroxylation sites is 1. The maximum absolute atomic E-state index is 12.2. The van der Waals surface area contributed by atoms with Crippen molar-refractivity contribution >= 4 is 51.1 Å². The van der Waals surface area contributed by atoms with E-state index in [1.54, 1.807) is 19.1 Å². The van der Waals surface area contributed by atoms with E-state index in [9.17, 15) is 14.9 Å². The molecule has 2 aromatic heterocycles. The highest BCUT2D eigenvalue weighted by atomic mass is 32.2. The van der Waals surface area contributed by atoms with Crippen molar-refractivity contribution in [3.8, 4) is 0 Å².